The molecule has 1 aromatic heterocycles. The lowest BCUT2D eigenvalue weighted by molar-refractivity contribution is 0.102. The minimum Gasteiger partial charge on any atom is -0.296 e. The third-order valence-corrected chi connectivity index (χ3v) is 3.32. The number of carbonyl (C=O) groups is 1. The number of halogens is 2. The molecule has 88 valence electrons. The van der Waals surface area contributed by atoms with Crippen LogP contribution in [-0.4, -0.2) is 16.1 Å². The Morgan fingerprint density at radius 1 is 1.29 bits per heavy atom. The van der Waals surface area contributed by atoms with Gasteiger partial charge in [0.1, 0.15) is 5.01 Å². The SMILES string of the molecule is Cc1nnc(NC(=O)c2c(Cl)cccc2Cl)s1. The summed E-state index contributed by atoms with van der Waals surface area (Å²) in [6, 6.07) is 4.89. The van der Waals surface area contributed by atoms with Gasteiger partial charge in [-0.25, -0.2) is 0 Å². The Bertz CT molecular complexity index is 550. The molecule has 1 aromatic carbocycles. The number of aryl methyl sites for hydroxylation is 1. The molecule has 0 unspecified atom stereocenters. The lowest BCUT2D eigenvalue weighted by Crippen LogP contribution is -2.12. The van der Waals surface area contributed by atoms with E-state index in [4.69, 9.17) is 23.2 Å². The van der Waals surface area contributed by atoms with E-state index in [0.29, 0.717) is 15.2 Å². The second-order valence-corrected chi connectivity index (χ2v) is 5.17. The minimum absolute atomic E-state index is 0.240. The van der Waals surface area contributed by atoms with E-state index in [9.17, 15) is 4.79 Å². The number of hydrogen-bond donors (Lipinski definition) is 1. The van der Waals surface area contributed by atoms with Crippen LogP contribution in [0.25, 0.3) is 0 Å². The summed E-state index contributed by atoms with van der Waals surface area (Å²) in [7, 11) is 0. The third-order valence-electron chi connectivity index (χ3n) is 1.94. The first kappa shape index (κ1) is 12.3. The highest BCUT2D eigenvalue weighted by Gasteiger charge is 2.15. The Morgan fingerprint density at radius 3 is 2.47 bits per heavy atom. The van der Waals surface area contributed by atoms with E-state index < -0.39 is 5.91 Å². The average molecular weight is 288 g/mol. The first-order chi connectivity index (χ1) is 8.08. The molecule has 2 rings (SSSR count). The fraction of sp³-hybridized carbons (Fsp3) is 0.100. The van der Waals surface area contributed by atoms with E-state index in [-0.39, 0.29) is 5.56 Å². The van der Waals surface area contributed by atoms with Crippen LogP contribution in [0.3, 0.4) is 0 Å². The highest BCUT2D eigenvalue weighted by Crippen LogP contribution is 2.25. The molecule has 0 aliphatic heterocycles. The fourth-order valence-corrected chi connectivity index (χ4v) is 2.38. The maximum atomic E-state index is 11.9. The number of amides is 1. The van der Waals surface area contributed by atoms with Crippen LogP contribution in [-0.2, 0) is 0 Å². The summed E-state index contributed by atoms with van der Waals surface area (Å²) in [5.74, 6) is -0.392. The van der Waals surface area contributed by atoms with Crippen LogP contribution in [0.1, 0.15) is 15.4 Å². The standard InChI is InChI=1S/C10H7Cl2N3OS/c1-5-14-15-10(17-5)13-9(16)8-6(11)3-2-4-7(8)12/h2-4H,1H3,(H,13,15,16). The van der Waals surface area contributed by atoms with Gasteiger partial charge in [-0.05, 0) is 19.1 Å². The zero-order chi connectivity index (χ0) is 12.4. The Labute approximate surface area is 112 Å². The number of nitrogens with zero attached hydrogens (tertiary/aromatic N) is 2. The molecule has 1 amide bonds. The summed E-state index contributed by atoms with van der Waals surface area (Å²) in [4.78, 5) is 11.9. The van der Waals surface area contributed by atoms with Gasteiger partial charge in [-0.1, -0.05) is 40.6 Å². The predicted octanol–water partition coefficient (Wildman–Crippen LogP) is 3.41. The lowest BCUT2D eigenvalue weighted by atomic mass is 10.2. The normalized spacial score (nSPS) is 10.3. The molecule has 0 aliphatic rings. The number of benzene rings is 1. The van der Waals surface area contributed by atoms with Gasteiger partial charge in [0.15, 0.2) is 0 Å². The first-order valence-corrected chi connectivity index (χ1v) is 6.20. The molecule has 2 aromatic rings. The largest absolute Gasteiger partial charge is 0.296 e. The zero-order valence-corrected chi connectivity index (χ0v) is 11.0. The van der Waals surface area contributed by atoms with E-state index in [1.165, 1.54) is 11.3 Å². The Kier molecular flexibility index (Phi) is 3.61. The molecule has 4 nitrogen and oxygen atoms in total. The van der Waals surface area contributed by atoms with Crippen molar-refractivity contribution in [1.29, 1.82) is 0 Å². The van der Waals surface area contributed by atoms with Crippen LogP contribution in [0.15, 0.2) is 18.2 Å². The van der Waals surface area contributed by atoms with Gasteiger partial charge in [0.2, 0.25) is 5.13 Å². The quantitative estimate of drug-likeness (QED) is 0.921. The van der Waals surface area contributed by atoms with Crippen molar-refractivity contribution in [2.75, 3.05) is 5.32 Å². The van der Waals surface area contributed by atoms with Crippen molar-refractivity contribution < 1.29 is 4.79 Å². The van der Waals surface area contributed by atoms with E-state index in [0.717, 1.165) is 5.01 Å². The van der Waals surface area contributed by atoms with Crippen molar-refractivity contribution in [3.8, 4) is 0 Å². The minimum atomic E-state index is -0.392. The van der Waals surface area contributed by atoms with Crippen molar-refractivity contribution in [1.82, 2.24) is 10.2 Å². The summed E-state index contributed by atoms with van der Waals surface area (Å²) < 4.78 is 0. The molecule has 0 saturated heterocycles. The summed E-state index contributed by atoms with van der Waals surface area (Å²) in [6.45, 7) is 1.80. The number of rotatable bonds is 2. The zero-order valence-electron chi connectivity index (χ0n) is 8.70. The Morgan fingerprint density at radius 2 is 1.94 bits per heavy atom. The average Bonchev–Trinajstić information content (AvgIpc) is 2.63. The molecule has 7 heteroatoms. The third kappa shape index (κ3) is 2.74. The van der Waals surface area contributed by atoms with Gasteiger partial charge in [-0.2, -0.15) is 0 Å². The van der Waals surface area contributed by atoms with Crippen molar-refractivity contribution in [2.24, 2.45) is 0 Å². The molecule has 17 heavy (non-hydrogen) atoms. The maximum absolute atomic E-state index is 11.9. The van der Waals surface area contributed by atoms with Crippen molar-refractivity contribution in [3.63, 3.8) is 0 Å². The van der Waals surface area contributed by atoms with Crippen LogP contribution in [0.5, 0.6) is 0 Å². The van der Waals surface area contributed by atoms with E-state index >= 15 is 0 Å². The summed E-state index contributed by atoms with van der Waals surface area (Å²) in [6.07, 6.45) is 0. The van der Waals surface area contributed by atoms with Gasteiger partial charge in [-0.3, -0.25) is 10.1 Å². The van der Waals surface area contributed by atoms with E-state index in [1.807, 2.05) is 0 Å². The first-order valence-electron chi connectivity index (χ1n) is 4.63. The number of aromatic nitrogens is 2. The molecular weight excluding hydrogens is 281 g/mol. The summed E-state index contributed by atoms with van der Waals surface area (Å²) >= 11 is 13.1. The van der Waals surface area contributed by atoms with Crippen LogP contribution in [0, 0.1) is 6.92 Å². The fourth-order valence-electron chi connectivity index (χ4n) is 1.22. The second kappa shape index (κ2) is 5.00. The number of nitrogens with one attached hydrogen (secondary N) is 1. The number of hydrogen-bond acceptors (Lipinski definition) is 4. The topological polar surface area (TPSA) is 54.9 Å². The molecule has 0 fully saturated rings. The maximum Gasteiger partial charge on any atom is 0.260 e. The molecule has 0 spiro atoms. The molecule has 1 N–H and O–H groups in total. The van der Waals surface area contributed by atoms with Gasteiger partial charge in [0.25, 0.3) is 5.91 Å². The van der Waals surface area contributed by atoms with E-state index in [1.54, 1.807) is 25.1 Å². The molecule has 0 aliphatic carbocycles. The summed E-state index contributed by atoms with van der Waals surface area (Å²) in [5, 5.41) is 12.0. The van der Waals surface area contributed by atoms with Crippen LogP contribution < -0.4 is 5.32 Å². The van der Waals surface area contributed by atoms with Crippen LogP contribution in [0.4, 0.5) is 5.13 Å². The Balaban J connectivity index is 2.26. The van der Waals surface area contributed by atoms with Crippen molar-refractivity contribution in [3.05, 3.63) is 38.8 Å². The molecule has 1 heterocycles. The van der Waals surface area contributed by atoms with Gasteiger partial charge in [-0.15, -0.1) is 10.2 Å². The number of anilines is 1. The highest BCUT2D eigenvalue weighted by atomic mass is 35.5. The highest BCUT2D eigenvalue weighted by molar-refractivity contribution is 7.15. The smallest absolute Gasteiger partial charge is 0.260 e. The molecule has 0 saturated carbocycles. The summed E-state index contributed by atoms with van der Waals surface area (Å²) in [5.41, 5.74) is 0.240. The van der Waals surface area contributed by atoms with Gasteiger partial charge in [0.05, 0.1) is 15.6 Å². The molecular formula is C10H7Cl2N3OS. The molecule has 0 radical (unpaired) electrons. The van der Waals surface area contributed by atoms with E-state index in [2.05, 4.69) is 15.5 Å². The van der Waals surface area contributed by atoms with Crippen molar-refractivity contribution >= 4 is 45.6 Å². The Hall–Kier alpha value is -1.17. The predicted molar refractivity (Wildman–Crippen MR) is 69.1 cm³/mol. The van der Waals surface area contributed by atoms with Crippen LogP contribution >= 0.6 is 34.5 Å². The monoisotopic (exact) mass is 287 g/mol. The molecule has 0 bridgehead atoms. The van der Waals surface area contributed by atoms with Gasteiger partial charge < -0.3 is 0 Å². The van der Waals surface area contributed by atoms with Crippen LogP contribution in [0.2, 0.25) is 10.0 Å². The van der Waals surface area contributed by atoms with Gasteiger partial charge in [0, 0.05) is 0 Å². The van der Waals surface area contributed by atoms with Crippen molar-refractivity contribution in [2.45, 2.75) is 6.92 Å². The molecule has 0 atom stereocenters. The number of carbonyl (C=O) groups excluding carboxylic acids is 1. The second-order valence-electron chi connectivity index (χ2n) is 3.18. The lowest BCUT2D eigenvalue weighted by Gasteiger charge is -2.05. The van der Waals surface area contributed by atoms with Gasteiger partial charge >= 0.3 is 0 Å².